The van der Waals surface area contributed by atoms with Gasteiger partial charge in [0, 0.05) is 10.8 Å². The Morgan fingerprint density at radius 1 is 0.486 bits per heavy atom. The predicted octanol–water partition coefficient (Wildman–Crippen LogP) is 10.3. The molecule has 4 N–H and O–H groups in total. The second kappa shape index (κ2) is 24.2. The average Bonchev–Trinajstić information content (AvgIpc) is 3.31. The summed E-state index contributed by atoms with van der Waals surface area (Å²) in [7, 11) is 2.63. The van der Waals surface area contributed by atoms with E-state index in [4.69, 9.17) is 28.5 Å². The Morgan fingerprint density at radius 3 is 1.33 bits per heavy atom. The van der Waals surface area contributed by atoms with E-state index < -0.39 is 82.6 Å². The maximum Gasteiger partial charge on any atom is 0.434 e. The van der Waals surface area contributed by atoms with Crippen molar-refractivity contribution >= 4 is 42.0 Å². The van der Waals surface area contributed by atoms with Gasteiger partial charge in [0.25, 0.3) is 0 Å². The molecule has 17 heteroatoms. The highest BCUT2D eigenvalue weighted by atomic mass is 16.7. The number of ether oxygens (including phenoxy) is 5. The molecule has 1 fully saturated rings. The number of nitrogens with one attached hydrogen (secondary N) is 4. The van der Waals surface area contributed by atoms with Crippen LogP contribution in [-0.2, 0) is 71.1 Å². The highest BCUT2D eigenvalue weighted by molar-refractivity contribution is 5.85. The summed E-state index contributed by atoms with van der Waals surface area (Å²) in [6.45, 7) is 21.2. The van der Waals surface area contributed by atoms with Crippen LogP contribution in [0.4, 0.5) is 19.2 Å². The normalized spacial score (nSPS) is 13.9. The zero-order chi connectivity index (χ0) is 53.7. The highest BCUT2D eigenvalue weighted by Gasteiger charge is 2.34. The first-order chi connectivity index (χ1) is 33.5. The van der Waals surface area contributed by atoms with Gasteiger partial charge in [0.15, 0.2) is 6.10 Å². The van der Waals surface area contributed by atoms with Gasteiger partial charge in [-0.1, -0.05) is 112 Å². The quantitative estimate of drug-likeness (QED) is 0.0360. The van der Waals surface area contributed by atoms with Gasteiger partial charge < -0.3 is 45.0 Å². The number of hydrogen-bond donors (Lipinski definition) is 4. The number of alkyl carbamates (subject to hydrolysis) is 3. The fourth-order valence-corrected chi connectivity index (χ4v) is 8.23. The number of rotatable bonds is 20. The van der Waals surface area contributed by atoms with Gasteiger partial charge in [-0.05, 0) is 114 Å². The molecule has 3 aromatic rings. The molecule has 1 aliphatic carbocycles. The largest absolute Gasteiger partial charge is 0.469 e. The molecule has 1 saturated carbocycles. The average molecular weight is 1000 g/mol. The summed E-state index contributed by atoms with van der Waals surface area (Å²) in [4.78, 5) is 83.2. The Balaban J connectivity index is 1.49. The number of oxime groups is 1. The maximum absolute atomic E-state index is 13.7. The van der Waals surface area contributed by atoms with Gasteiger partial charge in [0.1, 0.15) is 13.2 Å². The lowest BCUT2D eigenvalue weighted by atomic mass is 9.79. The van der Waals surface area contributed by atoms with Crippen LogP contribution in [0.1, 0.15) is 161 Å². The van der Waals surface area contributed by atoms with Gasteiger partial charge in [-0.25, -0.2) is 19.2 Å². The minimum absolute atomic E-state index is 0.0850. The van der Waals surface area contributed by atoms with Crippen molar-refractivity contribution in [2.75, 3.05) is 27.4 Å². The van der Waals surface area contributed by atoms with E-state index in [1.165, 1.54) is 14.2 Å². The Labute approximate surface area is 425 Å². The molecule has 4 rings (SSSR count). The molecule has 0 spiro atoms. The molecule has 72 heavy (non-hydrogen) atoms. The first kappa shape index (κ1) is 57.9. The molecule has 0 aromatic heterocycles. The van der Waals surface area contributed by atoms with Gasteiger partial charge >= 0.3 is 36.3 Å². The summed E-state index contributed by atoms with van der Waals surface area (Å²) in [5.41, 5.74) is 0.477. The summed E-state index contributed by atoms with van der Waals surface area (Å²) in [6.07, 6.45) is 0.646. The summed E-state index contributed by atoms with van der Waals surface area (Å²) < 4.78 is 27.0. The van der Waals surface area contributed by atoms with Crippen LogP contribution in [0.5, 0.6) is 0 Å². The third kappa shape index (κ3) is 17.0. The lowest BCUT2D eigenvalue weighted by Crippen LogP contribution is -2.46. The van der Waals surface area contributed by atoms with E-state index in [0.29, 0.717) is 5.56 Å². The number of nitrogens with zero attached hydrogens (tertiary/aromatic N) is 1. The molecule has 394 valence electrons. The second-order valence-electron chi connectivity index (χ2n) is 21.8. The Bertz CT molecular complexity index is 2430. The molecular formula is C55H77N5O12. The van der Waals surface area contributed by atoms with Crippen LogP contribution in [0, 0.1) is 0 Å². The van der Waals surface area contributed by atoms with Crippen LogP contribution in [-0.4, -0.2) is 75.6 Å². The fraction of sp³-hybridized carbons (Fsp3) is 0.545. The summed E-state index contributed by atoms with van der Waals surface area (Å²) in [5, 5.41) is 15.5. The first-order valence-corrected chi connectivity index (χ1v) is 24.4. The standard InChI is InChI=1S/C55H77N5O12/c1-50(2,32-44(61)67-13)36-21-18-23-38(29-36)53(7,8)57-47(64)70-35-43(71-48(65)58-54(9,10)41-26-20-25-40(31-41)52(5,6)56-46(63)68-14)34-69-45(62)33-51(3,4)37-22-19-24-39(30-37)55(11,12)59-49(66)72-60-42-27-16-15-17-28-42/h18-26,29-31,43H,15-17,27-28,32-35H2,1-14H3,(H,56,63)(H,57,64)(H,58,65)(H,59,66). The van der Waals surface area contributed by atoms with Gasteiger partial charge in [0.2, 0.25) is 0 Å². The number of esters is 2. The van der Waals surface area contributed by atoms with E-state index in [9.17, 15) is 28.8 Å². The Hall–Kier alpha value is -6.65. The molecule has 0 bridgehead atoms. The zero-order valence-corrected chi connectivity index (χ0v) is 44.7. The monoisotopic (exact) mass is 1000 g/mol. The van der Waals surface area contributed by atoms with Crippen molar-refractivity contribution < 1.29 is 57.3 Å². The van der Waals surface area contributed by atoms with Gasteiger partial charge in [-0.15, -0.1) is 0 Å². The molecule has 4 amide bonds. The topological polar surface area (TPSA) is 218 Å². The molecule has 1 atom stereocenters. The number of benzene rings is 3. The number of amides is 4. The third-order valence-electron chi connectivity index (χ3n) is 13.1. The second-order valence-corrected chi connectivity index (χ2v) is 21.8. The molecule has 0 radical (unpaired) electrons. The molecule has 0 saturated heterocycles. The van der Waals surface area contributed by atoms with E-state index in [1.54, 1.807) is 33.8 Å². The molecule has 0 aliphatic heterocycles. The van der Waals surface area contributed by atoms with Crippen LogP contribution in [0.3, 0.4) is 0 Å². The first-order valence-electron chi connectivity index (χ1n) is 24.4. The lowest BCUT2D eigenvalue weighted by molar-refractivity contribution is -0.148. The smallest absolute Gasteiger partial charge is 0.434 e. The summed E-state index contributed by atoms with van der Waals surface area (Å²) in [5.74, 6) is -0.957. The van der Waals surface area contributed by atoms with Crippen molar-refractivity contribution in [1.82, 2.24) is 21.3 Å². The SMILES string of the molecule is COC(=O)CC(C)(C)c1cccc(C(C)(C)NC(=O)OCC(COC(=O)CC(C)(C)c2cccc(C(C)(C)NC(=O)ON=C3CCCCC3)c2)OC(=O)NC(C)(C)c2cccc(C(C)(C)NC(=O)OC)c2)c1. The molecule has 1 unspecified atom stereocenters. The number of carbonyl (C=O) groups excluding carboxylic acids is 6. The highest BCUT2D eigenvalue weighted by Crippen LogP contribution is 2.33. The molecule has 17 nitrogen and oxygen atoms in total. The van der Waals surface area contributed by atoms with Crippen molar-refractivity contribution in [3.8, 4) is 0 Å². The molecule has 3 aromatic carbocycles. The third-order valence-corrected chi connectivity index (χ3v) is 13.1. The van der Waals surface area contributed by atoms with Crippen LogP contribution < -0.4 is 21.3 Å². The fourth-order valence-electron chi connectivity index (χ4n) is 8.23. The molecule has 0 heterocycles. The van der Waals surface area contributed by atoms with Crippen LogP contribution >= 0.6 is 0 Å². The maximum atomic E-state index is 13.7. The van der Waals surface area contributed by atoms with E-state index in [2.05, 4.69) is 26.4 Å². The Kier molecular flexibility index (Phi) is 19.5. The van der Waals surface area contributed by atoms with Crippen molar-refractivity contribution in [3.05, 3.63) is 106 Å². The number of hydrogen-bond acceptors (Lipinski definition) is 13. The van der Waals surface area contributed by atoms with Gasteiger partial charge in [-0.2, -0.15) is 0 Å². The van der Waals surface area contributed by atoms with E-state index in [-0.39, 0.29) is 18.8 Å². The van der Waals surface area contributed by atoms with E-state index in [0.717, 1.165) is 65.6 Å². The van der Waals surface area contributed by atoms with Crippen molar-refractivity contribution in [3.63, 3.8) is 0 Å². The summed E-state index contributed by atoms with van der Waals surface area (Å²) in [6, 6.07) is 22.3. The van der Waals surface area contributed by atoms with Crippen molar-refractivity contribution in [2.45, 2.75) is 167 Å². The lowest BCUT2D eigenvalue weighted by Gasteiger charge is -2.31. The predicted molar refractivity (Wildman–Crippen MR) is 273 cm³/mol. The number of carbonyl (C=O) groups is 6. The number of methoxy groups -OCH3 is 2. The van der Waals surface area contributed by atoms with Crippen molar-refractivity contribution in [2.24, 2.45) is 5.16 Å². The van der Waals surface area contributed by atoms with Gasteiger partial charge in [0.05, 0.1) is 54.9 Å². The molecule has 1 aliphatic rings. The summed E-state index contributed by atoms with van der Waals surface area (Å²) >= 11 is 0. The molecular weight excluding hydrogens is 923 g/mol. The van der Waals surface area contributed by atoms with Gasteiger partial charge in [-0.3, -0.25) is 14.4 Å². The van der Waals surface area contributed by atoms with Crippen LogP contribution in [0.2, 0.25) is 0 Å². The van der Waals surface area contributed by atoms with E-state index in [1.807, 2.05) is 122 Å². The van der Waals surface area contributed by atoms with Crippen LogP contribution in [0.25, 0.3) is 0 Å². The van der Waals surface area contributed by atoms with E-state index >= 15 is 0 Å². The van der Waals surface area contributed by atoms with Crippen molar-refractivity contribution in [1.29, 1.82) is 0 Å². The van der Waals surface area contributed by atoms with Crippen LogP contribution in [0.15, 0.2) is 78.0 Å². The minimum atomic E-state index is -1.25. The Morgan fingerprint density at radius 2 is 0.875 bits per heavy atom. The zero-order valence-electron chi connectivity index (χ0n) is 44.7. The minimum Gasteiger partial charge on any atom is -0.469 e.